The topological polar surface area (TPSA) is 63.5 Å². The summed E-state index contributed by atoms with van der Waals surface area (Å²) in [4.78, 5) is 8.79. The summed E-state index contributed by atoms with van der Waals surface area (Å²) >= 11 is 1.37. The van der Waals surface area contributed by atoms with Gasteiger partial charge in [-0.25, -0.2) is 9.37 Å². The molecule has 7 heteroatoms. The third kappa shape index (κ3) is 3.81. The highest BCUT2D eigenvalue weighted by molar-refractivity contribution is 7.11. The Labute approximate surface area is 184 Å². The Morgan fingerprint density at radius 3 is 2.32 bits per heavy atom. The van der Waals surface area contributed by atoms with Gasteiger partial charge in [-0.1, -0.05) is 0 Å². The highest BCUT2D eigenvalue weighted by Crippen LogP contribution is 2.35. The van der Waals surface area contributed by atoms with E-state index in [9.17, 15) is 9.50 Å². The molecule has 2 aliphatic rings. The van der Waals surface area contributed by atoms with Crippen LogP contribution in [-0.2, 0) is 0 Å². The second kappa shape index (κ2) is 8.15. The summed E-state index contributed by atoms with van der Waals surface area (Å²) in [7, 11) is 0. The van der Waals surface area contributed by atoms with Gasteiger partial charge in [0.25, 0.3) is 0 Å². The van der Waals surface area contributed by atoms with Gasteiger partial charge in [-0.15, -0.1) is 11.3 Å². The lowest BCUT2D eigenvalue weighted by molar-refractivity contribution is 0.411. The molecule has 2 aliphatic heterocycles. The van der Waals surface area contributed by atoms with E-state index in [-0.39, 0.29) is 24.0 Å². The smallest absolute Gasteiger partial charge is 0.139 e. The fourth-order valence-corrected chi connectivity index (χ4v) is 5.06. The summed E-state index contributed by atoms with van der Waals surface area (Å²) in [5.41, 5.74) is 4.05. The van der Waals surface area contributed by atoms with Crippen LogP contribution in [0.15, 0.2) is 59.7 Å². The van der Waals surface area contributed by atoms with Gasteiger partial charge in [-0.05, 0) is 67.8 Å². The molecule has 0 unspecified atom stereocenters. The van der Waals surface area contributed by atoms with Crippen molar-refractivity contribution in [3.8, 4) is 11.3 Å². The quantitative estimate of drug-likeness (QED) is 0.552. The van der Waals surface area contributed by atoms with E-state index in [4.69, 9.17) is 5.41 Å². The maximum Gasteiger partial charge on any atom is 0.139 e. The maximum absolute atomic E-state index is 13.2. The van der Waals surface area contributed by atoms with Gasteiger partial charge in [-0.2, -0.15) is 0 Å². The van der Waals surface area contributed by atoms with Crippen molar-refractivity contribution < 1.29 is 9.50 Å². The number of benzene rings is 2. The first-order valence-corrected chi connectivity index (χ1v) is 11.3. The number of nitrogens with one attached hydrogen (secondary N) is 1. The van der Waals surface area contributed by atoms with Gasteiger partial charge in [0.15, 0.2) is 0 Å². The standard InChI is InChI=1S/C24H23FN4OS/c25-17-6-4-16(5-7-17)20-15-31-24(27-20)22-21(30)14-29(23(22)26)19-10-8-18(9-11-19)28-12-2-1-3-13-28/h4-11,15,26,30H,1-3,12-14H2. The fourth-order valence-electron chi connectivity index (χ4n) is 4.16. The number of aliphatic hydroxyl groups excluding tert-OH is 1. The molecule has 2 N–H and O–H groups in total. The molecule has 0 amide bonds. The minimum atomic E-state index is -0.293. The summed E-state index contributed by atoms with van der Waals surface area (Å²) in [6.07, 6.45) is 3.76. The van der Waals surface area contributed by atoms with Crippen molar-refractivity contribution in [2.75, 3.05) is 29.4 Å². The van der Waals surface area contributed by atoms with Crippen molar-refractivity contribution in [2.24, 2.45) is 0 Å². The van der Waals surface area contributed by atoms with Gasteiger partial charge >= 0.3 is 0 Å². The Morgan fingerprint density at radius 1 is 0.935 bits per heavy atom. The Kier molecular flexibility index (Phi) is 5.19. The molecule has 0 radical (unpaired) electrons. The lowest BCUT2D eigenvalue weighted by Crippen LogP contribution is -2.29. The molecule has 1 aromatic heterocycles. The maximum atomic E-state index is 13.2. The molecule has 2 aromatic carbocycles. The van der Waals surface area contributed by atoms with Crippen LogP contribution in [0.5, 0.6) is 0 Å². The van der Waals surface area contributed by atoms with E-state index in [1.54, 1.807) is 17.0 Å². The van der Waals surface area contributed by atoms with Gasteiger partial charge in [-0.3, -0.25) is 5.41 Å². The average molecular weight is 435 g/mol. The van der Waals surface area contributed by atoms with Crippen LogP contribution in [0.2, 0.25) is 0 Å². The van der Waals surface area contributed by atoms with Crippen molar-refractivity contribution in [2.45, 2.75) is 19.3 Å². The number of amidine groups is 1. The van der Waals surface area contributed by atoms with Crippen molar-refractivity contribution in [1.82, 2.24) is 4.98 Å². The molecule has 0 aliphatic carbocycles. The van der Waals surface area contributed by atoms with Gasteiger partial charge in [0.2, 0.25) is 0 Å². The molecular formula is C24H23FN4OS. The van der Waals surface area contributed by atoms with Gasteiger partial charge in [0.1, 0.15) is 22.4 Å². The number of aromatic nitrogens is 1. The Hall–Kier alpha value is -3.19. The Balaban J connectivity index is 1.35. The molecule has 0 atom stereocenters. The van der Waals surface area contributed by atoms with Crippen LogP contribution in [0.4, 0.5) is 15.8 Å². The molecular weight excluding hydrogens is 411 g/mol. The van der Waals surface area contributed by atoms with Crippen LogP contribution in [0.3, 0.4) is 0 Å². The predicted molar refractivity (Wildman–Crippen MR) is 125 cm³/mol. The highest BCUT2D eigenvalue weighted by Gasteiger charge is 2.31. The zero-order valence-corrected chi connectivity index (χ0v) is 17.8. The molecule has 5 rings (SSSR count). The minimum absolute atomic E-state index is 0.144. The number of anilines is 2. The molecule has 3 aromatic rings. The third-order valence-electron chi connectivity index (χ3n) is 5.84. The molecule has 5 nitrogen and oxygen atoms in total. The van der Waals surface area contributed by atoms with E-state index in [0.717, 1.165) is 24.3 Å². The van der Waals surface area contributed by atoms with E-state index < -0.39 is 0 Å². The SMILES string of the molecule is N=C1C(c2nc(-c3ccc(F)cc3)cs2)=C(O)CN1c1ccc(N2CCCCC2)cc1. The van der Waals surface area contributed by atoms with E-state index in [2.05, 4.69) is 22.0 Å². The van der Waals surface area contributed by atoms with E-state index in [0.29, 0.717) is 16.3 Å². The second-order valence-corrected chi connectivity index (χ2v) is 8.72. The Bertz CT molecular complexity index is 1130. The lowest BCUT2D eigenvalue weighted by Gasteiger charge is -2.29. The summed E-state index contributed by atoms with van der Waals surface area (Å²) in [6, 6.07) is 14.4. The van der Waals surface area contributed by atoms with Crippen LogP contribution in [-0.4, -0.2) is 35.6 Å². The largest absolute Gasteiger partial charge is 0.510 e. The summed E-state index contributed by atoms with van der Waals surface area (Å²) in [5, 5.41) is 21.8. The number of nitrogens with zero attached hydrogens (tertiary/aromatic N) is 3. The highest BCUT2D eigenvalue weighted by atomic mass is 32.1. The van der Waals surface area contributed by atoms with Crippen molar-refractivity contribution in [3.63, 3.8) is 0 Å². The van der Waals surface area contributed by atoms with Crippen LogP contribution in [0, 0.1) is 11.2 Å². The molecule has 1 fully saturated rings. The third-order valence-corrected chi connectivity index (χ3v) is 6.70. The molecule has 0 saturated carbocycles. The zero-order valence-electron chi connectivity index (χ0n) is 17.0. The fraction of sp³-hybridized carbons (Fsp3) is 0.250. The average Bonchev–Trinajstić information content (AvgIpc) is 3.39. The molecule has 31 heavy (non-hydrogen) atoms. The number of rotatable bonds is 4. The first-order valence-electron chi connectivity index (χ1n) is 10.5. The van der Waals surface area contributed by atoms with Gasteiger partial charge in [0, 0.05) is 35.4 Å². The van der Waals surface area contributed by atoms with Gasteiger partial charge < -0.3 is 14.9 Å². The molecule has 0 spiro atoms. The summed E-state index contributed by atoms with van der Waals surface area (Å²) < 4.78 is 13.2. The number of hydrogen-bond acceptors (Lipinski definition) is 5. The summed E-state index contributed by atoms with van der Waals surface area (Å²) in [5.74, 6) is 0.0902. The van der Waals surface area contributed by atoms with Crippen LogP contribution >= 0.6 is 11.3 Å². The molecule has 3 heterocycles. The van der Waals surface area contributed by atoms with Crippen LogP contribution in [0.25, 0.3) is 16.8 Å². The number of piperidine rings is 1. The first-order chi connectivity index (χ1) is 15.1. The number of aliphatic hydroxyl groups is 1. The van der Waals surface area contributed by atoms with Crippen molar-refractivity contribution in [1.29, 1.82) is 5.41 Å². The predicted octanol–water partition coefficient (Wildman–Crippen LogP) is 5.71. The van der Waals surface area contributed by atoms with Crippen molar-refractivity contribution >= 4 is 34.1 Å². The van der Waals surface area contributed by atoms with E-state index >= 15 is 0 Å². The minimum Gasteiger partial charge on any atom is -0.510 e. The van der Waals surface area contributed by atoms with E-state index in [1.165, 1.54) is 48.4 Å². The zero-order chi connectivity index (χ0) is 21.4. The molecule has 0 bridgehead atoms. The number of halogens is 1. The normalized spacial score (nSPS) is 17.0. The number of thiazole rings is 1. The molecule has 158 valence electrons. The molecule has 1 saturated heterocycles. The lowest BCUT2D eigenvalue weighted by atomic mass is 10.1. The summed E-state index contributed by atoms with van der Waals surface area (Å²) in [6.45, 7) is 2.43. The van der Waals surface area contributed by atoms with Crippen LogP contribution < -0.4 is 9.80 Å². The van der Waals surface area contributed by atoms with Gasteiger partial charge in [0.05, 0.1) is 17.8 Å². The van der Waals surface area contributed by atoms with Crippen LogP contribution in [0.1, 0.15) is 24.3 Å². The second-order valence-electron chi connectivity index (χ2n) is 7.87. The van der Waals surface area contributed by atoms with E-state index in [1.807, 2.05) is 17.5 Å². The number of hydrogen-bond donors (Lipinski definition) is 2. The van der Waals surface area contributed by atoms with Crippen molar-refractivity contribution in [3.05, 3.63) is 70.5 Å². The Morgan fingerprint density at radius 2 is 1.61 bits per heavy atom. The monoisotopic (exact) mass is 434 g/mol. The first kappa shape index (κ1) is 19.8.